The zero-order chi connectivity index (χ0) is 22.5. The summed E-state index contributed by atoms with van der Waals surface area (Å²) in [5.41, 5.74) is 2.88. The van der Waals surface area contributed by atoms with E-state index >= 15 is 0 Å². The minimum atomic E-state index is -1.02. The van der Waals surface area contributed by atoms with Crippen LogP contribution in [0.1, 0.15) is 12.0 Å². The molecule has 3 aromatic rings. The molecule has 0 spiro atoms. The van der Waals surface area contributed by atoms with E-state index in [1.807, 2.05) is 24.3 Å². The second-order valence-electron chi connectivity index (χ2n) is 7.21. The number of halogens is 2. The number of carbonyl (C=O) groups is 1. The number of hydrogen-bond donors (Lipinski definition) is 3. The van der Waals surface area contributed by atoms with Gasteiger partial charge in [0, 0.05) is 30.1 Å². The predicted octanol–water partition coefficient (Wildman–Crippen LogP) is 4.98. The third-order valence-corrected chi connectivity index (χ3v) is 5.14. The zero-order valence-corrected chi connectivity index (χ0v) is 17.6. The fourth-order valence-corrected chi connectivity index (χ4v) is 3.47. The van der Waals surface area contributed by atoms with Crippen molar-refractivity contribution in [3.8, 4) is 11.1 Å². The first-order valence-corrected chi connectivity index (χ1v) is 10.3. The number of anilines is 3. The van der Waals surface area contributed by atoms with Gasteiger partial charge in [-0.1, -0.05) is 29.8 Å². The van der Waals surface area contributed by atoms with Gasteiger partial charge in [-0.3, -0.25) is 0 Å². The molecule has 32 heavy (non-hydrogen) atoms. The van der Waals surface area contributed by atoms with Crippen LogP contribution in [0, 0.1) is 5.82 Å². The van der Waals surface area contributed by atoms with Crippen LogP contribution in [-0.4, -0.2) is 40.3 Å². The summed E-state index contributed by atoms with van der Waals surface area (Å²) in [4.78, 5) is 19.9. The minimum Gasteiger partial charge on any atom is -0.478 e. The highest BCUT2D eigenvalue weighted by Crippen LogP contribution is 2.30. The lowest BCUT2D eigenvalue weighted by Crippen LogP contribution is -2.20. The van der Waals surface area contributed by atoms with Gasteiger partial charge < -0.3 is 20.5 Å². The molecule has 0 unspecified atom stereocenters. The van der Waals surface area contributed by atoms with Crippen LogP contribution in [-0.2, 0) is 9.53 Å². The standard InChI is InChI=1S/C23H20ClFN4O3/c24-19-11-16(5-6-20(19)25)28-23-26-12-18(22(29-23)27-17-8-9-32-13-17)15-3-1-2-14(10-15)4-7-21(30)31/h1-7,10-12,17H,8-9,13H2,(H,30,31)(H2,26,27,28,29)/b7-4+/t17-/m0/s1. The molecule has 1 aromatic heterocycles. The van der Waals surface area contributed by atoms with E-state index in [1.54, 1.807) is 12.3 Å². The number of ether oxygens (including phenoxy) is 1. The van der Waals surface area contributed by atoms with Crippen LogP contribution in [0.2, 0.25) is 5.02 Å². The van der Waals surface area contributed by atoms with Gasteiger partial charge in [0.25, 0.3) is 0 Å². The normalized spacial score (nSPS) is 15.8. The lowest BCUT2D eigenvalue weighted by atomic mass is 10.0. The summed E-state index contributed by atoms with van der Waals surface area (Å²) < 4.78 is 18.9. The third kappa shape index (κ3) is 5.40. The summed E-state index contributed by atoms with van der Waals surface area (Å²) >= 11 is 5.87. The fraction of sp³-hybridized carbons (Fsp3) is 0.174. The number of benzene rings is 2. The van der Waals surface area contributed by atoms with Crippen LogP contribution >= 0.6 is 11.6 Å². The summed E-state index contributed by atoms with van der Waals surface area (Å²) in [5, 5.41) is 15.3. The highest BCUT2D eigenvalue weighted by Gasteiger charge is 2.19. The molecule has 1 aliphatic rings. The van der Waals surface area contributed by atoms with Crippen molar-refractivity contribution in [3.63, 3.8) is 0 Å². The van der Waals surface area contributed by atoms with Crippen molar-refractivity contribution < 1.29 is 19.0 Å². The van der Waals surface area contributed by atoms with Crippen molar-refractivity contribution in [3.05, 3.63) is 71.1 Å². The summed E-state index contributed by atoms with van der Waals surface area (Å²) in [6, 6.07) is 11.8. The van der Waals surface area contributed by atoms with E-state index < -0.39 is 11.8 Å². The van der Waals surface area contributed by atoms with Crippen LogP contribution in [0.3, 0.4) is 0 Å². The Morgan fingerprint density at radius 2 is 2.16 bits per heavy atom. The zero-order valence-electron chi connectivity index (χ0n) is 16.9. The minimum absolute atomic E-state index is 0.000645. The van der Waals surface area contributed by atoms with Gasteiger partial charge in [-0.05, 0) is 47.9 Å². The number of aromatic nitrogens is 2. The lowest BCUT2D eigenvalue weighted by Gasteiger charge is -2.17. The predicted molar refractivity (Wildman–Crippen MR) is 122 cm³/mol. The average Bonchev–Trinajstić information content (AvgIpc) is 3.28. The van der Waals surface area contributed by atoms with E-state index in [1.165, 1.54) is 18.2 Å². The average molecular weight is 455 g/mol. The smallest absolute Gasteiger partial charge is 0.328 e. The molecule has 0 bridgehead atoms. The SMILES string of the molecule is O=C(O)/C=C/c1cccc(-c2cnc(Nc3ccc(F)c(Cl)c3)nc2N[C@H]2CCOC2)c1. The maximum atomic E-state index is 13.5. The second-order valence-corrected chi connectivity index (χ2v) is 7.62. The molecule has 2 aromatic carbocycles. The van der Waals surface area contributed by atoms with Gasteiger partial charge >= 0.3 is 5.97 Å². The van der Waals surface area contributed by atoms with Crippen molar-refractivity contribution >= 4 is 41.1 Å². The summed E-state index contributed by atoms with van der Waals surface area (Å²) in [7, 11) is 0. The Kier molecular flexibility index (Phi) is 6.63. The summed E-state index contributed by atoms with van der Waals surface area (Å²) in [6.07, 6.45) is 5.14. The monoisotopic (exact) mass is 454 g/mol. The number of aliphatic carboxylic acids is 1. The quantitative estimate of drug-likeness (QED) is 0.433. The maximum absolute atomic E-state index is 13.5. The molecule has 3 N–H and O–H groups in total. The van der Waals surface area contributed by atoms with Gasteiger partial charge in [-0.15, -0.1) is 0 Å². The Hall–Kier alpha value is -3.49. The highest BCUT2D eigenvalue weighted by atomic mass is 35.5. The van der Waals surface area contributed by atoms with E-state index in [9.17, 15) is 9.18 Å². The molecule has 164 valence electrons. The molecule has 1 fully saturated rings. The van der Waals surface area contributed by atoms with E-state index in [4.69, 9.17) is 21.4 Å². The molecular weight excluding hydrogens is 435 g/mol. The highest BCUT2D eigenvalue weighted by molar-refractivity contribution is 6.31. The Bertz CT molecular complexity index is 1170. The van der Waals surface area contributed by atoms with Crippen molar-refractivity contribution in [2.24, 2.45) is 0 Å². The topological polar surface area (TPSA) is 96.4 Å². The van der Waals surface area contributed by atoms with Crippen molar-refractivity contribution in [2.45, 2.75) is 12.5 Å². The van der Waals surface area contributed by atoms with E-state index in [-0.39, 0.29) is 11.1 Å². The van der Waals surface area contributed by atoms with E-state index in [0.29, 0.717) is 30.7 Å². The number of carboxylic acid groups (broad SMARTS) is 1. The number of hydrogen-bond acceptors (Lipinski definition) is 6. The van der Waals surface area contributed by atoms with E-state index in [2.05, 4.69) is 20.6 Å². The Morgan fingerprint density at radius 1 is 1.28 bits per heavy atom. The van der Waals surface area contributed by atoms with Crippen molar-refractivity contribution in [1.82, 2.24) is 9.97 Å². The maximum Gasteiger partial charge on any atom is 0.328 e. The molecule has 4 rings (SSSR count). The molecule has 1 saturated heterocycles. The van der Waals surface area contributed by atoms with Gasteiger partial charge in [0.05, 0.1) is 17.7 Å². The van der Waals surface area contributed by atoms with Crippen LogP contribution < -0.4 is 10.6 Å². The Balaban J connectivity index is 1.67. The van der Waals surface area contributed by atoms with Crippen molar-refractivity contribution in [2.75, 3.05) is 23.8 Å². The number of nitrogens with one attached hydrogen (secondary N) is 2. The molecule has 1 aliphatic heterocycles. The fourth-order valence-electron chi connectivity index (χ4n) is 3.29. The van der Waals surface area contributed by atoms with E-state index in [0.717, 1.165) is 29.2 Å². The number of carboxylic acids is 1. The van der Waals surface area contributed by atoms with Gasteiger partial charge in [-0.25, -0.2) is 14.2 Å². The summed E-state index contributed by atoms with van der Waals surface area (Å²) in [5.74, 6) is -0.599. The Labute approximate surface area is 188 Å². The lowest BCUT2D eigenvalue weighted by molar-refractivity contribution is -0.131. The number of nitrogens with zero attached hydrogens (tertiary/aromatic N) is 2. The first kappa shape index (κ1) is 21.7. The molecule has 0 radical (unpaired) electrons. The first-order chi connectivity index (χ1) is 15.5. The van der Waals surface area contributed by atoms with Gasteiger partial charge in [0.1, 0.15) is 11.6 Å². The molecular formula is C23H20ClFN4O3. The molecule has 7 nitrogen and oxygen atoms in total. The molecule has 0 aliphatic carbocycles. The summed E-state index contributed by atoms with van der Waals surface area (Å²) in [6.45, 7) is 1.24. The number of rotatable bonds is 7. The molecule has 9 heteroatoms. The molecule has 2 heterocycles. The van der Waals surface area contributed by atoms with Crippen LogP contribution in [0.25, 0.3) is 17.2 Å². The van der Waals surface area contributed by atoms with Gasteiger partial charge in [-0.2, -0.15) is 4.98 Å². The van der Waals surface area contributed by atoms with Gasteiger partial charge in [0.2, 0.25) is 5.95 Å². The van der Waals surface area contributed by atoms with Crippen LogP contribution in [0.15, 0.2) is 54.7 Å². The molecule has 0 saturated carbocycles. The van der Waals surface area contributed by atoms with Gasteiger partial charge in [0.15, 0.2) is 0 Å². The molecule has 1 atom stereocenters. The largest absolute Gasteiger partial charge is 0.478 e. The first-order valence-electron chi connectivity index (χ1n) is 9.93. The van der Waals surface area contributed by atoms with Crippen LogP contribution in [0.4, 0.5) is 21.8 Å². The Morgan fingerprint density at radius 3 is 2.91 bits per heavy atom. The second kappa shape index (κ2) is 9.76. The van der Waals surface area contributed by atoms with Crippen LogP contribution in [0.5, 0.6) is 0 Å². The van der Waals surface area contributed by atoms with Crippen molar-refractivity contribution in [1.29, 1.82) is 0 Å². The molecule has 0 amide bonds. The third-order valence-electron chi connectivity index (χ3n) is 4.85.